The van der Waals surface area contributed by atoms with Crippen molar-refractivity contribution in [2.24, 2.45) is 11.1 Å². The van der Waals surface area contributed by atoms with E-state index in [1.165, 1.54) is 19.2 Å². The summed E-state index contributed by atoms with van der Waals surface area (Å²) in [7, 11) is -5.17. The van der Waals surface area contributed by atoms with Crippen LogP contribution in [-0.2, 0) is 33.9 Å². The van der Waals surface area contributed by atoms with E-state index < -0.39 is 52.5 Å². The average molecular weight is 545 g/mol. The highest BCUT2D eigenvalue weighted by atomic mass is 32.3. The number of aliphatic hydroxyl groups excluding tert-OH is 1. The number of carbonyl (C=O) groups is 3. The molecule has 2 heterocycles. The Hall–Kier alpha value is -2.31. The Morgan fingerprint density at radius 3 is 2.35 bits per heavy atom. The van der Waals surface area contributed by atoms with Gasteiger partial charge in [0.1, 0.15) is 5.69 Å². The molecule has 1 unspecified atom stereocenters. The molecular formula is C17H28N4O10S3-2. The minimum absolute atomic E-state index is 0. The van der Waals surface area contributed by atoms with E-state index in [1.807, 2.05) is 6.92 Å². The van der Waals surface area contributed by atoms with E-state index in [1.54, 1.807) is 0 Å². The molecule has 1 amide bonds. The van der Waals surface area contributed by atoms with Gasteiger partial charge in [-0.15, -0.1) is 11.3 Å². The first kappa shape index (κ1) is 33.9. The Balaban J connectivity index is 0. The number of β-lactam (4-membered cyclic amide) rings is 1. The molecule has 1 fully saturated rings. The Bertz CT molecular complexity index is 976. The first-order valence-electron chi connectivity index (χ1n) is 8.99. The number of nitrogens with two attached hydrogens (primary N) is 1. The van der Waals surface area contributed by atoms with Crippen LogP contribution in [0.15, 0.2) is 10.5 Å². The number of aliphatic hydroxyl groups is 1. The van der Waals surface area contributed by atoms with Gasteiger partial charge >= 0.3 is 0 Å². The number of hydroxylamine groups is 2. The normalized spacial score (nSPS) is 16.7. The summed E-state index contributed by atoms with van der Waals surface area (Å²) in [5, 5.41) is 23.6. The summed E-state index contributed by atoms with van der Waals surface area (Å²) >= 11 is 0.988. The Kier molecular flexibility index (Phi) is 14.1. The predicted molar refractivity (Wildman–Crippen MR) is 123 cm³/mol. The number of amides is 1. The quantitative estimate of drug-likeness (QED) is 0.118. The van der Waals surface area contributed by atoms with Crippen LogP contribution in [-0.4, -0.2) is 70.2 Å². The fourth-order valence-electron chi connectivity index (χ4n) is 2.43. The van der Waals surface area contributed by atoms with Crippen LogP contribution in [0.1, 0.15) is 46.7 Å². The number of anilines is 1. The summed E-state index contributed by atoms with van der Waals surface area (Å²) < 4.78 is 36.2. The lowest BCUT2D eigenvalue weighted by atomic mass is 9.74. The highest BCUT2D eigenvalue weighted by Crippen LogP contribution is 2.40. The number of aromatic nitrogens is 1. The Morgan fingerprint density at radius 2 is 1.97 bits per heavy atom. The second-order valence-corrected chi connectivity index (χ2v) is 8.68. The van der Waals surface area contributed by atoms with E-state index in [9.17, 15) is 32.5 Å². The number of carboxylic acid groups (broad SMARTS) is 1. The second-order valence-electron chi connectivity index (χ2n) is 6.83. The number of carbonyl (C=O) groups excluding carboxylic acids is 3. The predicted octanol–water partition coefficient (Wildman–Crippen LogP) is -1.08. The molecule has 34 heavy (non-hydrogen) atoms. The monoisotopic (exact) mass is 544 g/mol. The number of hydrogen-bond acceptors (Lipinski definition) is 14. The van der Waals surface area contributed by atoms with Gasteiger partial charge in [-0.1, -0.05) is 19.5 Å². The molecule has 2 rings (SSSR count). The average Bonchev–Trinajstić information content (AvgIpc) is 3.12. The van der Waals surface area contributed by atoms with Crippen molar-refractivity contribution in [1.82, 2.24) is 10.0 Å². The minimum Gasteiger partial charge on any atom is -0.724 e. The largest absolute Gasteiger partial charge is 0.724 e. The molecule has 1 aliphatic heterocycles. The second kappa shape index (κ2) is 14.2. The molecule has 0 aliphatic carbocycles. The third kappa shape index (κ3) is 9.51. The number of rotatable bonds is 10. The van der Waals surface area contributed by atoms with Crippen molar-refractivity contribution < 1.29 is 46.7 Å². The first-order chi connectivity index (χ1) is 14.7. The molecule has 0 spiro atoms. The van der Waals surface area contributed by atoms with Crippen LogP contribution in [0.2, 0.25) is 0 Å². The lowest BCUT2D eigenvalue weighted by Crippen LogP contribution is -2.68. The number of thiazole rings is 1. The van der Waals surface area contributed by atoms with Crippen LogP contribution < -0.4 is 10.8 Å². The van der Waals surface area contributed by atoms with Crippen molar-refractivity contribution in [3.8, 4) is 0 Å². The number of nitrogens with zero attached hydrogens (tertiary/aromatic N) is 3. The van der Waals surface area contributed by atoms with E-state index in [0.29, 0.717) is 11.7 Å². The lowest BCUT2D eigenvalue weighted by molar-refractivity contribution is -0.309. The Labute approximate surface area is 208 Å². The van der Waals surface area contributed by atoms with Gasteiger partial charge in [0.15, 0.2) is 23.2 Å². The van der Waals surface area contributed by atoms with Crippen molar-refractivity contribution in [2.75, 3.05) is 18.9 Å². The summed E-state index contributed by atoms with van der Waals surface area (Å²) in [6, 6.07) is 0. The van der Waals surface area contributed by atoms with E-state index >= 15 is 0 Å². The molecule has 17 heteroatoms. The third-order valence-corrected chi connectivity index (χ3v) is 5.03. The van der Waals surface area contributed by atoms with Crippen molar-refractivity contribution in [1.29, 1.82) is 0 Å². The molecule has 1 atom stereocenters. The van der Waals surface area contributed by atoms with Crippen LogP contribution in [0.5, 0.6) is 0 Å². The zero-order chi connectivity index (χ0) is 24.7. The summed E-state index contributed by atoms with van der Waals surface area (Å²) in [6.45, 7) is 4.11. The standard InChI is InChI=1S/C13H16N4O9S2.C3H8O.CH4.H2S/c1-13(2)6(11(21)17(13)26-28(22,23)24)3-8(18)10(16-25-4-9(19)20)7-5-27-12(14)15-7;1-2-3-4;;/h5-6H,3-4H2,1-2H3,(H2,14,15)(H,19,20)(H,22,23,24);4H,2-3H2,1H3;1H4;1H2/p-2/b16-10-;;;. The summed E-state index contributed by atoms with van der Waals surface area (Å²) in [6.07, 6.45) is 0.412. The van der Waals surface area contributed by atoms with Crippen LogP contribution >= 0.6 is 24.8 Å². The van der Waals surface area contributed by atoms with Gasteiger partial charge in [0.25, 0.3) is 5.91 Å². The number of nitrogen functional groups attached to an aromatic ring is 1. The molecule has 0 saturated carbocycles. The molecule has 196 valence electrons. The molecule has 3 N–H and O–H groups in total. The molecule has 0 aromatic carbocycles. The number of hydrogen-bond donors (Lipinski definition) is 2. The molecule has 0 bridgehead atoms. The van der Waals surface area contributed by atoms with E-state index in [4.69, 9.17) is 10.8 Å². The molecule has 1 aliphatic rings. The van der Waals surface area contributed by atoms with Gasteiger partial charge in [0.05, 0.1) is 17.4 Å². The zero-order valence-electron chi connectivity index (χ0n) is 17.8. The summed E-state index contributed by atoms with van der Waals surface area (Å²) in [5.41, 5.74) is 3.84. The smallest absolute Gasteiger partial charge is 0.253 e. The van der Waals surface area contributed by atoms with Gasteiger partial charge in [0.2, 0.25) is 10.4 Å². The molecular weight excluding hydrogens is 516 g/mol. The molecule has 1 saturated heterocycles. The van der Waals surface area contributed by atoms with Gasteiger partial charge in [0, 0.05) is 18.4 Å². The third-order valence-electron chi connectivity index (χ3n) is 4.02. The number of carboxylic acids is 1. The fourth-order valence-corrected chi connectivity index (χ4v) is 3.43. The van der Waals surface area contributed by atoms with E-state index in [-0.39, 0.29) is 37.5 Å². The number of Topliss-reactive ketones (excluding diaryl/α,β-unsaturated/α-hetero) is 1. The van der Waals surface area contributed by atoms with Gasteiger partial charge in [-0.05, 0) is 20.3 Å². The first-order valence-corrected chi connectivity index (χ1v) is 11.2. The SMILES string of the molecule is C.CC1(C)C(CC(=O)/C(=N\OCC(=O)[O-])c2csc(N)n2)C(=O)N1OS(=O)(=O)[O-].CCCO.S. The molecule has 1 aromatic heterocycles. The molecule has 14 nitrogen and oxygen atoms in total. The minimum atomic E-state index is -5.17. The maximum atomic E-state index is 12.6. The van der Waals surface area contributed by atoms with E-state index in [0.717, 1.165) is 17.8 Å². The van der Waals surface area contributed by atoms with Crippen LogP contribution in [0.4, 0.5) is 5.13 Å². The molecule has 1 aromatic rings. The van der Waals surface area contributed by atoms with Gasteiger partial charge in [-0.2, -0.15) is 22.8 Å². The zero-order valence-corrected chi connectivity index (χ0v) is 20.5. The number of oxime groups is 1. The summed E-state index contributed by atoms with van der Waals surface area (Å²) in [5.74, 6) is -4.26. The number of aliphatic carboxylic acids is 1. The van der Waals surface area contributed by atoms with Crippen LogP contribution in [0, 0.1) is 5.92 Å². The van der Waals surface area contributed by atoms with Gasteiger partial charge in [-0.3, -0.25) is 9.59 Å². The topological polar surface area (TPSA) is 225 Å². The van der Waals surface area contributed by atoms with Crippen LogP contribution in [0.3, 0.4) is 0 Å². The van der Waals surface area contributed by atoms with Gasteiger partial charge in [-0.25, -0.2) is 13.4 Å². The van der Waals surface area contributed by atoms with Crippen molar-refractivity contribution >= 4 is 63.7 Å². The van der Waals surface area contributed by atoms with Crippen LogP contribution in [0.25, 0.3) is 0 Å². The van der Waals surface area contributed by atoms with Gasteiger partial charge < -0.3 is 30.1 Å². The maximum Gasteiger partial charge on any atom is 0.253 e. The number of ketones is 1. The fraction of sp³-hybridized carbons (Fsp3) is 0.588. The van der Waals surface area contributed by atoms with Crippen molar-refractivity contribution in [2.45, 2.75) is 46.6 Å². The Morgan fingerprint density at radius 1 is 1.41 bits per heavy atom. The lowest BCUT2D eigenvalue weighted by Gasteiger charge is -2.51. The van der Waals surface area contributed by atoms with E-state index in [2.05, 4.69) is 19.3 Å². The summed E-state index contributed by atoms with van der Waals surface area (Å²) in [4.78, 5) is 43.6. The van der Waals surface area contributed by atoms with Crippen molar-refractivity contribution in [3.05, 3.63) is 11.1 Å². The highest BCUT2D eigenvalue weighted by Gasteiger charge is 2.57. The molecule has 0 radical (unpaired) electrons. The highest BCUT2D eigenvalue weighted by molar-refractivity contribution is 7.80. The maximum absolute atomic E-state index is 12.6. The van der Waals surface area contributed by atoms with Crippen molar-refractivity contribution in [3.63, 3.8) is 0 Å².